The summed E-state index contributed by atoms with van der Waals surface area (Å²) in [5.41, 5.74) is 6.77. The molecule has 14 heavy (non-hydrogen) atoms. The number of hydrogen-bond acceptors (Lipinski definition) is 2. The molecule has 2 aliphatic rings. The van der Waals surface area contributed by atoms with Gasteiger partial charge in [-0.05, 0) is 43.4 Å². The van der Waals surface area contributed by atoms with Gasteiger partial charge in [-0.1, -0.05) is 20.3 Å². The molecule has 2 aliphatic carbocycles. The molecular formula is C12H23NO. The summed E-state index contributed by atoms with van der Waals surface area (Å²) in [5.74, 6) is 0.648. The monoisotopic (exact) mass is 197 g/mol. The fraction of sp³-hybridized carbons (Fsp3) is 1.00. The highest BCUT2D eigenvalue weighted by molar-refractivity contribution is 5.05. The molecule has 3 N–H and O–H groups in total. The van der Waals surface area contributed by atoms with Crippen LogP contribution in [0.3, 0.4) is 0 Å². The van der Waals surface area contributed by atoms with Crippen LogP contribution >= 0.6 is 0 Å². The van der Waals surface area contributed by atoms with E-state index < -0.39 is 0 Å². The number of nitrogens with two attached hydrogens (primary N) is 1. The SMILES string of the molecule is CC1(C)CCCC(C2(N)CC(O)C2)C1. The molecule has 2 saturated carbocycles. The minimum absolute atomic E-state index is 0.0306. The summed E-state index contributed by atoms with van der Waals surface area (Å²) >= 11 is 0. The van der Waals surface area contributed by atoms with Crippen molar-refractivity contribution < 1.29 is 5.11 Å². The van der Waals surface area contributed by atoms with Gasteiger partial charge < -0.3 is 10.8 Å². The van der Waals surface area contributed by atoms with Gasteiger partial charge in [0.1, 0.15) is 0 Å². The first kappa shape index (κ1) is 10.4. The molecular weight excluding hydrogens is 174 g/mol. The summed E-state index contributed by atoms with van der Waals surface area (Å²) in [4.78, 5) is 0. The topological polar surface area (TPSA) is 46.2 Å². The van der Waals surface area contributed by atoms with Crippen molar-refractivity contribution >= 4 is 0 Å². The zero-order chi connectivity index (χ0) is 10.4. The quantitative estimate of drug-likeness (QED) is 0.676. The largest absolute Gasteiger partial charge is 0.393 e. The molecule has 2 fully saturated rings. The predicted molar refractivity (Wildman–Crippen MR) is 57.9 cm³/mol. The van der Waals surface area contributed by atoms with Crippen molar-refractivity contribution in [1.29, 1.82) is 0 Å². The molecule has 82 valence electrons. The molecule has 0 amide bonds. The molecule has 0 spiro atoms. The van der Waals surface area contributed by atoms with E-state index in [9.17, 15) is 5.11 Å². The molecule has 0 saturated heterocycles. The molecule has 0 aliphatic heterocycles. The maximum Gasteiger partial charge on any atom is 0.0575 e. The van der Waals surface area contributed by atoms with Gasteiger partial charge >= 0.3 is 0 Å². The second-order valence-corrected chi connectivity index (χ2v) is 6.25. The highest BCUT2D eigenvalue weighted by Crippen LogP contribution is 2.48. The van der Waals surface area contributed by atoms with Gasteiger partial charge in [-0.3, -0.25) is 0 Å². The molecule has 1 atom stereocenters. The van der Waals surface area contributed by atoms with Crippen molar-refractivity contribution in [2.24, 2.45) is 17.1 Å². The first-order valence-corrected chi connectivity index (χ1v) is 5.88. The highest BCUT2D eigenvalue weighted by atomic mass is 16.3. The molecule has 0 bridgehead atoms. The summed E-state index contributed by atoms with van der Waals surface area (Å²) < 4.78 is 0. The Labute approximate surface area is 86.9 Å². The van der Waals surface area contributed by atoms with E-state index in [-0.39, 0.29) is 11.6 Å². The van der Waals surface area contributed by atoms with Gasteiger partial charge in [0.2, 0.25) is 0 Å². The van der Waals surface area contributed by atoms with Crippen LogP contribution in [0.5, 0.6) is 0 Å². The van der Waals surface area contributed by atoms with E-state index in [4.69, 9.17) is 5.73 Å². The van der Waals surface area contributed by atoms with Crippen molar-refractivity contribution in [2.75, 3.05) is 0 Å². The van der Waals surface area contributed by atoms with E-state index >= 15 is 0 Å². The molecule has 0 aromatic rings. The second-order valence-electron chi connectivity index (χ2n) is 6.25. The molecule has 0 heterocycles. The minimum atomic E-state index is -0.120. The minimum Gasteiger partial charge on any atom is -0.393 e. The Bertz CT molecular complexity index is 218. The molecule has 2 nitrogen and oxygen atoms in total. The van der Waals surface area contributed by atoms with Crippen LogP contribution in [0.2, 0.25) is 0 Å². The molecule has 0 radical (unpaired) electrons. The van der Waals surface area contributed by atoms with Gasteiger partial charge in [-0.15, -0.1) is 0 Å². The maximum absolute atomic E-state index is 9.36. The second kappa shape index (κ2) is 3.21. The van der Waals surface area contributed by atoms with E-state index in [1.165, 1.54) is 25.7 Å². The molecule has 0 aromatic heterocycles. The first-order chi connectivity index (χ1) is 6.41. The summed E-state index contributed by atoms with van der Waals surface area (Å²) in [6.07, 6.45) is 6.70. The standard InChI is InChI=1S/C12H23NO/c1-11(2)5-3-4-9(6-11)12(13)7-10(14)8-12/h9-10,14H,3-8,13H2,1-2H3. The van der Waals surface area contributed by atoms with Gasteiger partial charge in [0.05, 0.1) is 6.10 Å². The van der Waals surface area contributed by atoms with Crippen molar-refractivity contribution in [3.8, 4) is 0 Å². The van der Waals surface area contributed by atoms with Crippen molar-refractivity contribution in [2.45, 2.75) is 64.0 Å². The number of aliphatic hydroxyl groups excluding tert-OH is 1. The number of aliphatic hydroxyl groups is 1. The van der Waals surface area contributed by atoms with Gasteiger partial charge in [0, 0.05) is 5.54 Å². The Morgan fingerprint density at radius 2 is 1.86 bits per heavy atom. The number of rotatable bonds is 1. The average Bonchev–Trinajstić information content (AvgIpc) is 1.99. The third-order valence-electron chi connectivity index (χ3n) is 4.25. The van der Waals surface area contributed by atoms with Crippen LogP contribution in [0.1, 0.15) is 52.4 Å². The van der Waals surface area contributed by atoms with Crippen LogP contribution in [0.25, 0.3) is 0 Å². The smallest absolute Gasteiger partial charge is 0.0575 e. The normalized spacial score (nSPS) is 47.1. The summed E-state index contributed by atoms with van der Waals surface area (Å²) in [6.45, 7) is 4.69. The van der Waals surface area contributed by atoms with E-state index in [0.29, 0.717) is 11.3 Å². The van der Waals surface area contributed by atoms with Crippen molar-refractivity contribution in [3.05, 3.63) is 0 Å². The summed E-state index contributed by atoms with van der Waals surface area (Å²) in [5, 5.41) is 9.36. The number of hydrogen-bond donors (Lipinski definition) is 2. The van der Waals surface area contributed by atoms with Crippen LogP contribution in [-0.2, 0) is 0 Å². The van der Waals surface area contributed by atoms with Crippen molar-refractivity contribution in [3.63, 3.8) is 0 Å². The van der Waals surface area contributed by atoms with Gasteiger partial charge in [0.25, 0.3) is 0 Å². The molecule has 0 aromatic carbocycles. The first-order valence-electron chi connectivity index (χ1n) is 5.88. The fourth-order valence-corrected chi connectivity index (χ4v) is 3.34. The van der Waals surface area contributed by atoms with E-state index in [0.717, 1.165) is 12.8 Å². The van der Waals surface area contributed by atoms with Crippen LogP contribution in [0, 0.1) is 11.3 Å². The molecule has 1 unspecified atom stereocenters. The third kappa shape index (κ3) is 1.82. The molecule has 2 heteroatoms. The lowest BCUT2D eigenvalue weighted by atomic mass is 9.58. The lowest BCUT2D eigenvalue weighted by Gasteiger charge is -2.52. The Morgan fingerprint density at radius 3 is 2.36 bits per heavy atom. The van der Waals surface area contributed by atoms with Gasteiger partial charge in [-0.2, -0.15) is 0 Å². The molecule has 2 rings (SSSR count). The van der Waals surface area contributed by atoms with Gasteiger partial charge in [0.15, 0.2) is 0 Å². The van der Waals surface area contributed by atoms with Crippen LogP contribution in [-0.4, -0.2) is 16.7 Å². The fourth-order valence-electron chi connectivity index (χ4n) is 3.34. The zero-order valence-electron chi connectivity index (χ0n) is 9.42. The Morgan fingerprint density at radius 1 is 1.21 bits per heavy atom. The lowest BCUT2D eigenvalue weighted by molar-refractivity contribution is -0.0318. The zero-order valence-corrected chi connectivity index (χ0v) is 9.42. The third-order valence-corrected chi connectivity index (χ3v) is 4.25. The Hall–Kier alpha value is -0.0800. The summed E-state index contributed by atoms with van der Waals surface area (Å²) in [7, 11) is 0. The maximum atomic E-state index is 9.36. The predicted octanol–water partition coefficient (Wildman–Crippen LogP) is 2.05. The van der Waals surface area contributed by atoms with Crippen LogP contribution in [0.4, 0.5) is 0 Å². The van der Waals surface area contributed by atoms with Crippen LogP contribution < -0.4 is 5.73 Å². The Kier molecular flexibility index (Phi) is 2.39. The average molecular weight is 197 g/mol. The van der Waals surface area contributed by atoms with Crippen molar-refractivity contribution in [1.82, 2.24) is 0 Å². The highest BCUT2D eigenvalue weighted by Gasteiger charge is 2.48. The van der Waals surface area contributed by atoms with E-state index in [1.807, 2.05) is 0 Å². The van der Waals surface area contributed by atoms with Gasteiger partial charge in [-0.25, -0.2) is 0 Å². The lowest BCUT2D eigenvalue weighted by Crippen LogP contribution is -2.60. The summed E-state index contributed by atoms with van der Waals surface area (Å²) in [6, 6.07) is 0. The Balaban J connectivity index is 1.98. The van der Waals surface area contributed by atoms with E-state index in [2.05, 4.69) is 13.8 Å². The van der Waals surface area contributed by atoms with E-state index in [1.54, 1.807) is 0 Å². The van der Waals surface area contributed by atoms with Crippen LogP contribution in [0.15, 0.2) is 0 Å².